The van der Waals surface area contributed by atoms with Crippen LogP contribution in [0.15, 0.2) is 42.0 Å². The van der Waals surface area contributed by atoms with E-state index in [2.05, 4.69) is 13.0 Å². The minimum atomic E-state index is 0.155. The van der Waals surface area contributed by atoms with Crippen LogP contribution >= 0.6 is 0 Å². The van der Waals surface area contributed by atoms with Crippen molar-refractivity contribution < 1.29 is 4.79 Å². The third-order valence-electron chi connectivity index (χ3n) is 3.22. The summed E-state index contributed by atoms with van der Waals surface area (Å²) in [5.41, 5.74) is 2.22. The van der Waals surface area contributed by atoms with Crippen molar-refractivity contribution in [1.29, 1.82) is 0 Å². The Morgan fingerprint density at radius 3 is 2.75 bits per heavy atom. The minimum Gasteiger partial charge on any atom is -0.294 e. The zero-order chi connectivity index (χ0) is 11.4. The van der Waals surface area contributed by atoms with Crippen molar-refractivity contribution in [2.24, 2.45) is 5.92 Å². The van der Waals surface area contributed by atoms with E-state index in [1.54, 1.807) is 0 Å². The third-order valence-corrected chi connectivity index (χ3v) is 3.22. The summed E-state index contributed by atoms with van der Waals surface area (Å²) in [7, 11) is 0. The van der Waals surface area contributed by atoms with Gasteiger partial charge in [-0.2, -0.15) is 0 Å². The first-order chi connectivity index (χ1) is 7.83. The molecule has 1 atom stereocenters. The van der Waals surface area contributed by atoms with Crippen LogP contribution in [0.2, 0.25) is 0 Å². The molecule has 0 fully saturated rings. The average molecular weight is 214 g/mol. The number of hydrogen-bond acceptors (Lipinski definition) is 1. The molecule has 1 heteroatoms. The van der Waals surface area contributed by atoms with Crippen molar-refractivity contribution in [3.8, 4) is 0 Å². The second-order valence-corrected chi connectivity index (χ2v) is 4.39. The van der Waals surface area contributed by atoms with E-state index >= 15 is 0 Å². The quantitative estimate of drug-likeness (QED) is 0.547. The van der Waals surface area contributed by atoms with Crippen LogP contribution in [0, 0.1) is 5.92 Å². The van der Waals surface area contributed by atoms with Crippen LogP contribution in [0.25, 0.3) is 0 Å². The van der Waals surface area contributed by atoms with Gasteiger partial charge < -0.3 is 0 Å². The first-order valence-corrected chi connectivity index (χ1v) is 6.11. The highest BCUT2D eigenvalue weighted by atomic mass is 16.1. The van der Waals surface area contributed by atoms with Gasteiger partial charge in [-0.1, -0.05) is 55.3 Å². The number of Topliss-reactive ketones (excluding diaryl/α,β-unsaturated/α-hetero) is 1. The number of carbonyl (C=O) groups excluding carboxylic acids is 1. The molecule has 0 saturated carbocycles. The molecule has 1 nitrogen and oxygen atoms in total. The summed E-state index contributed by atoms with van der Waals surface area (Å²) in [5.74, 6) is 0.458. The molecular formula is C15H18O. The maximum atomic E-state index is 12.3. The van der Waals surface area contributed by atoms with Crippen LogP contribution in [-0.4, -0.2) is 5.78 Å². The van der Waals surface area contributed by atoms with Gasteiger partial charge in [0.15, 0.2) is 5.78 Å². The third kappa shape index (κ3) is 2.24. The zero-order valence-corrected chi connectivity index (χ0v) is 9.78. The van der Waals surface area contributed by atoms with E-state index in [0.29, 0.717) is 5.78 Å². The molecule has 84 valence electrons. The molecule has 2 rings (SSSR count). The molecule has 0 N–H and O–H groups in total. The molecule has 0 heterocycles. The molecule has 1 aromatic carbocycles. The second kappa shape index (κ2) is 5.11. The number of benzene rings is 1. The molecular weight excluding hydrogens is 196 g/mol. The largest absolute Gasteiger partial charge is 0.294 e. The summed E-state index contributed by atoms with van der Waals surface area (Å²) in [5, 5.41) is 0. The molecule has 0 unspecified atom stereocenters. The SMILES string of the molecule is CCCC1=CCC[C@@H]1C(=O)c1ccccc1. The van der Waals surface area contributed by atoms with Crippen molar-refractivity contribution in [2.45, 2.75) is 32.6 Å². The van der Waals surface area contributed by atoms with Gasteiger partial charge >= 0.3 is 0 Å². The predicted octanol–water partition coefficient (Wildman–Crippen LogP) is 4.01. The van der Waals surface area contributed by atoms with Gasteiger partial charge in [0.2, 0.25) is 0 Å². The lowest BCUT2D eigenvalue weighted by Gasteiger charge is -2.13. The van der Waals surface area contributed by atoms with E-state index in [9.17, 15) is 4.79 Å². The van der Waals surface area contributed by atoms with E-state index in [-0.39, 0.29) is 5.92 Å². The molecule has 1 aliphatic carbocycles. The minimum absolute atomic E-state index is 0.155. The van der Waals surface area contributed by atoms with Gasteiger partial charge in [0.1, 0.15) is 0 Å². The number of rotatable bonds is 4. The summed E-state index contributed by atoms with van der Waals surface area (Å²) < 4.78 is 0. The van der Waals surface area contributed by atoms with Crippen molar-refractivity contribution in [3.05, 3.63) is 47.5 Å². The van der Waals surface area contributed by atoms with Gasteiger partial charge in [-0.15, -0.1) is 0 Å². The number of carbonyl (C=O) groups is 1. The van der Waals surface area contributed by atoms with Crippen molar-refractivity contribution in [2.75, 3.05) is 0 Å². The Kier molecular flexibility index (Phi) is 3.55. The van der Waals surface area contributed by atoms with E-state index in [1.165, 1.54) is 5.57 Å². The topological polar surface area (TPSA) is 17.1 Å². The Balaban J connectivity index is 2.14. The Hall–Kier alpha value is -1.37. The van der Waals surface area contributed by atoms with E-state index < -0.39 is 0 Å². The van der Waals surface area contributed by atoms with Gasteiger partial charge in [-0.25, -0.2) is 0 Å². The highest BCUT2D eigenvalue weighted by Crippen LogP contribution is 2.31. The molecule has 0 spiro atoms. The Morgan fingerprint density at radius 2 is 2.06 bits per heavy atom. The smallest absolute Gasteiger partial charge is 0.169 e. The van der Waals surface area contributed by atoms with E-state index in [4.69, 9.17) is 0 Å². The van der Waals surface area contributed by atoms with Gasteiger partial charge in [0, 0.05) is 11.5 Å². The molecule has 0 aromatic heterocycles. The molecule has 0 aliphatic heterocycles. The monoisotopic (exact) mass is 214 g/mol. The predicted molar refractivity (Wildman–Crippen MR) is 66.5 cm³/mol. The van der Waals surface area contributed by atoms with Crippen molar-refractivity contribution in [3.63, 3.8) is 0 Å². The first-order valence-electron chi connectivity index (χ1n) is 6.11. The highest BCUT2D eigenvalue weighted by molar-refractivity contribution is 5.99. The standard InChI is InChI=1S/C15H18O/c1-2-7-12-10-6-11-14(12)15(16)13-8-4-3-5-9-13/h3-5,8-10,14H,2,6-7,11H2,1H3/t14-/m0/s1. The van der Waals surface area contributed by atoms with Crippen LogP contribution in [0.5, 0.6) is 0 Å². The summed E-state index contributed by atoms with van der Waals surface area (Å²) in [6.45, 7) is 2.17. The van der Waals surface area contributed by atoms with Crippen LogP contribution in [0.1, 0.15) is 43.0 Å². The molecule has 0 saturated heterocycles. The summed E-state index contributed by atoms with van der Waals surface area (Å²) in [6, 6.07) is 9.67. The normalized spacial score (nSPS) is 19.6. The number of ketones is 1. The number of hydrogen-bond donors (Lipinski definition) is 0. The second-order valence-electron chi connectivity index (χ2n) is 4.39. The molecule has 1 aromatic rings. The van der Waals surface area contributed by atoms with Crippen LogP contribution in [0.4, 0.5) is 0 Å². The van der Waals surface area contributed by atoms with Gasteiger partial charge in [-0.3, -0.25) is 4.79 Å². The zero-order valence-electron chi connectivity index (χ0n) is 9.78. The fraction of sp³-hybridized carbons (Fsp3) is 0.400. The van der Waals surface area contributed by atoms with Crippen LogP contribution in [-0.2, 0) is 0 Å². The maximum Gasteiger partial charge on any atom is 0.169 e. The van der Waals surface area contributed by atoms with Crippen molar-refractivity contribution in [1.82, 2.24) is 0 Å². The van der Waals surface area contributed by atoms with Gasteiger partial charge in [-0.05, 0) is 19.3 Å². The maximum absolute atomic E-state index is 12.3. The molecule has 0 amide bonds. The van der Waals surface area contributed by atoms with Crippen molar-refractivity contribution >= 4 is 5.78 Å². The average Bonchev–Trinajstić information content (AvgIpc) is 2.78. The Labute approximate surface area is 97.2 Å². The first kappa shape index (κ1) is 11.1. The number of allylic oxidation sites excluding steroid dienone is 2. The lowest BCUT2D eigenvalue weighted by atomic mass is 9.90. The van der Waals surface area contributed by atoms with Gasteiger partial charge in [0.25, 0.3) is 0 Å². The Morgan fingerprint density at radius 1 is 1.31 bits per heavy atom. The van der Waals surface area contributed by atoms with Gasteiger partial charge in [0.05, 0.1) is 0 Å². The summed E-state index contributed by atoms with van der Waals surface area (Å²) >= 11 is 0. The molecule has 0 radical (unpaired) electrons. The van der Waals surface area contributed by atoms with E-state index in [1.807, 2.05) is 30.3 Å². The fourth-order valence-electron chi connectivity index (χ4n) is 2.43. The summed E-state index contributed by atoms with van der Waals surface area (Å²) in [4.78, 5) is 12.3. The van der Waals surface area contributed by atoms with E-state index in [0.717, 1.165) is 31.2 Å². The fourth-order valence-corrected chi connectivity index (χ4v) is 2.43. The van der Waals surface area contributed by atoms with Crippen LogP contribution < -0.4 is 0 Å². The highest BCUT2D eigenvalue weighted by Gasteiger charge is 2.26. The summed E-state index contributed by atoms with van der Waals surface area (Å²) in [6.07, 6.45) is 6.53. The lowest BCUT2D eigenvalue weighted by molar-refractivity contribution is 0.0938. The lowest BCUT2D eigenvalue weighted by Crippen LogP contribution is -2.14. The molecule has 1 aliphatic rings. The Bertz CT molecular complexity index is 389. The molecule has 0 bridgehead atoms. The van der Waals surface area contributed by atoms with Crippen LogP contribution in [0.3, 0.4) is 0 Å². The molecule has 16 heavy (non-hydrogen) atoms.